The van der Waals surface area contributed by atoms with E-state index >= 15 is 0 Å². The summed E-state index contributed by atoms with van der Waals surface area (Å²) in [5.74, 6) is 1.87. The number of amides is 1. The van der Waals surface area contributed by atoms with Crippen molar-refractivity contribution < 1.29 is 4.79 Å². The Morgan fingerprint density at radius 1 is 1.04 bits per heavy atom. The highest BCUT2D eigenvalue weighted by atomic mass is 16.1. The van der Waals surface area contributed by atoms with E-state index in [4.69, 9.17) is 0 Å². The van der Waals surface area contributed by atoms with E-state index in [0.717, 1.165) is 35.5 Å². The summed E-state index contributed by atoms with van der Waals surface area (Å²) in [5, 5.41) is 12.7. The number of benzene rings is 1. The van der Waals surface area contributed by atoms with Crippen LogP contribution in [0.5, 0.6) is 0 Å². The molecule has 1 aliphatic heterocycles. The maximum Gasteiger partial charge on any atom is 0.269 e. The molecule has 1 aromatic carbocycles. The smallest absolute Gasteiger partial charge is 0.269 e. The molecule has 5 rings (SSSR count). The third kappa shape index (κ3) is 3.35. The maximum absolute atomic E-state index is 12.4. The van der Waals surface area contributed by atoms with E-state index in [-0.39, 0.29) is 5.91 Å². The molecule has 0 radical (unpaired) electrons. The molecule has 6 heteroatoms. The summed E-state index contributed by atoms with van der Waals surface area (Å²) in [6.07, 6.45) is 2.48. The van der Waals surface area contributed by atoms with E-state index in [2.05, 4.69) is 37.5 Å². The molecular formula is C21H21N5O. The summed E-state index contributed by atoms with van der Waals surface area (Å²) in [5.41, 5.74) is 2.42. The van der Waals surface area contributed by atoms with Gasteiger partial charge in [0.15, 0.2) is 5.82 Å². The Morgan fingerprint density at radius 3 is 2.67 bits per heavy atom. The van der Waals surface area contributed by atoms with Crippen molar-refractivity contribution in [3.05, 3.63) is 59.9 Å². The lowest BCUT2D eigenvalue weighted by molar-refractivity contribution is 0.0940. The number of hydrogen-bond acceptors (Lipinski definition) is 5. The predicted molar refractivity (Wildman–Crippen MR) is 104 cm³/mol. The molecule has 2 fully saturated rings. The highest BCUT2D eigenvalue weighted by Gasteiger charge is 2.30. The van der Waals surface area contributed by atoms with Crippen molar-refractivity contribution in [1.82, 2.24) is 20.5 Å². The molecule has 1 aliphatic carbocycles. The van der Waals surface area contributed by atoms with E-state index in [1.807, 2.05) is 30.3 Å². The summed E-state index contributed by atoms with van der Waals surface area (Å²) in [6, 6.07) is 15.7. The number of carbonyl (C=O) groups excluding carboxylic acids is 1. The van der Waals surface area contributed by atoms with Gasteiger partial charge in [-0.25, -0.2) is 4.98 Å². The minimum Gasteiger partial charge on any atom is -0.354 e. The van der Waals surface area contributed by atoms with Gasteiger partial charge in [-0.2, -0.15) is 5.10 Å². The van der Waals surface area contributed by atoms with Gasteiger partial charge in [0.25, 0.3) is 5.91 Å². The fourth-order valence-corrected chi connectivity index (χ4v) is 3.51. The predicted octanol–water partition coefficient (Wildman–Crippen LogP) is 2.77. The van der Waals surface area contributed by atoms with Crippen LogP contribution >= 0.6 is 0 Å². The first-order valence-electron chi connectivity index (χ1n) is 9.49. The number of hydrogen-bond donors (Lipinski definition) is 1. The lowest BCUT2D eigenvalue weighted by atomic mass is 10.00. The number of aromatic nitrogens is 3. The molecule has 1 saturated carbocycles. The van der Waals surface area contributed by atoms with Crippen molar-refractivity contribution >= 4 is 22.6 Å². The average Bonchev–Trinajstić information content (AvgIpc) is 3.52. The van der Waals surface area contributed by atoms with Crippen LogP contribution in [0.1, 0.15) is 34.9 Å². The molecule has 27 heavy (non-hydrogen) atoms. The second-order valence-corrected chi connectivity index (χ2v) is 7.46. The van der Waals surface area contributed by atoms with Crippen LogP contribution in [0.3, 0.4) is 0 Å². The van der Waals surface area contributed by atoms with Gasteiger partial charge in [0.2, 0.25) is 0 Å². The molecule has 1 amide bonds. The Bertz CT molecular complexity index is 977. The minimum absolute atomic E-state index is 0.118. The Balaban J connectivity index is 1.13. The molecule has 0 unspecified atom stereocenters. The molecule has 2 aliphatic rings. The third-order valence-corrected chi connectivity index (χ3v) is 5.33. The molecule has 0 bridgehead atoms. The van der Waals surface area contributed by atoms with Crippen molar-refractivity contribution in [2.45, 2.75) is 18.8 Å². The van der Waals surface area contributed by atoms with Crippen LogP contribution in [0.2, 0.25) is 0 Å². The second-order valence-electron chi connectivity index (χ2n) is 7.46. The van der Waals surface area contributed by atoms with E-state index < -0.39 is 0 Å². The summed E-state index contributed by atoms with van der Waals surface area (Å²) in [6.45, 7) is 2.43. The highest BCUT2D eigenvalue weighted by Crippen LogP contribution is 2.38. The number of nitrogens with zero attached hydrogens (tertiary/aromatic N) is 4. The lowest BCUT2D eigenvalue weighted by Crippen LogP contribution is -2.52. The normalized spacial score (nSPS) is 17.0. The number of carbonyl (C=O) groups is 1. The van der Waals surface area contributed by atoms with Gasteiger partial charge in [-0.05, 0) is 37.1 Å². The standard InChI is InChI=1S/C21H21N5O/c27-21(19-8-7-15-3-1-2-4-17(15)23-19)22-11-14-12-26(13-14)20-10-9-18(24-25-20)16-5-6-16/h1-4,7-10,14,16H,5-6,11-13H2,(H,22,27). The number of para-hydroxylation sites is 1. The number of pyridine rings is 1. The number of rotatable bonds is 5. The molecular weight excluding hydrogens is 338 g/mol. The van der Waals surface area contributed by atoms with Gasteiger partial charge >= 0.3 is 0 Å². The molecule has 6 nitrogen and oxygen atoms in total. The van der Waals surface area contributed by atoms with Crippen molar-refractivity contribution in [2.24, 2.45) is 5.92 Å². The van der Waals surface area contributed by atoms with Gasteiger partial charge in [-0.3, -0.25) is 4.79 Å². The Morgan fingerprint density at radius 2 is 1.89 bits per heavy atom. The van der Waals surface area contributed by atoms with Crippen LogP contribution in [0.4, 0.5) is 5.82 Å². The molecule has 0 atom stereocenters. The maximum atomic E-state index is 12.4. The van der Waals surface area contributed by atoms with E-state index in [9.17, 15) is 4.79 Å². The molecule has 1 saturated heterocycles. The lowest BCUT2D eigenvalue weighted by Gasteiger charge is -2.39. The SMILES string of the molecule is O=C(NCC1CN(c2ccc(C3CC3)nn2)C1)c1ccc2ccccc2n1. The Hall–Kier alpha value is -3.02. The largest absolute Gasteiger partial charge is 0.354 e. The first kappa shape index (κ1) is 16.2. The number of anilines is 1. The molecule has 3 aromatic rings. The first-order chi connectivity index (χ1) is 13.3. The summed E-state index contributed by atoms with van der Waals surface area (Å²) < 4.78 is 0. The van der Waals surface area contributed by atoms with Gasteiger partial charge in [-0.15, -0.1) is 5.10 Å². The number of nitrogens with one attached hydrogen (secondary N) is 1. The minimum atomic E-state index is -0.118. The third-order valence-electron chi connectivity index (χ3n) is 5.33. The summed E-state index contributed by atoms with van der Waals surface area (Å²) in [7, 11) is 0. The van der Waals surface area contributed by atoms with Crippen LogP contribution in [-0.2, 0) is 0 Å². The van der Waals surface area contributed by atoms with Crippen LogP contribution in [0.15, 0.2) is 48.5 Å². The average molecular weight is 359 g/mol. The molecule has 3 heterocycles. The number of fused-ring (bicyclic) bond motifs is 1. The fraction of sp³-hybridized carbons (Fsp3) is 0.333. The highest BCUT2D eigenvalue weighted by molar-refractivity contribution is 5.94. The van der Waals surface area contributed by atoms with Gasteiger partial charge in [0.05, 0.1) is 11.2 Å². The quantitative estimate of drug-likeness (QED) is 0.758. The van der Waals surface area contributed by atoms with Gasteiger partial charge < -0.3 is 10.2 Å². The van der Waals surface area contributed by atoms with Crippen LogP contribution in [0.25, 0.3) is 10.9 Å². The van der Waals surface area contributed by atoms with Crippen molar-refractivity contribution in [3.8, 4) is 0 Å². The van der Waals surface area contributed by atoms with E-state index in [1.165, 1.54) is 12.8 Å². The van der Waals surface area contributed by atoms with Gasteiger partial charge in [0, 0.05) is 36.9 Å². The zero-order chi connectivity index (χ0) is 18.2. The van der Waals surface area contributed by atoms with Crippen molar-refractivity contribution in [2.75, 3.05) is 24.5 Å². The molecule has 0 spiro atoms. The van der Waals surface area contributed by atoms with E-state index in [1.54, 1.807) is 6.07 Å². The van der Waals surface area contributed by atoms with Crippen molar-refractivity contribution in [1.29, 1.82) is 0 Å². The van der Waals surface area contributed by atoms with Gasteiger partial charge in [-0.1, -0.05) is 24.3 Å². The fourth-order valence-electron chi connectivity index (χ4n) is 3.51. The Kier molecular flexibility index (Phi) is 3.96. The molecule has 136 valence electrons. The molecule has 2 aromatic heterocycles. The summed E-state index contributed by atoms with van der Waals surface area (Å²) >= 11 is 0. The van der Waals surface area contributed by atoms with Gasteiger partial charge in [0.1, 0.15) is 5.69 Å². The first-order valence-corrected chi connectivity index (χ1v) is 9.49. The van der Waals surface area contributed by atoms with Crippen LogP contribution in [-0.4, -0.2) is 40.7 Å². The van der Waals surface area contributed by atoms with Crippen LogP contribution < -0.4 is 10.2 Å². The van der Waals surface area contributed by atoms with Crippen molar-refractivity contribution in [3.63, 3.8) is 0 Å². The monoisotopic (exact) mass is 359 g/mol. The molecule has 1 N–H and O–H groups in total. The topological polar surface area (TPSA) is 71.0 Å². The van der Waals surface area contributed by atoms with Crippen LogP contribution in [0, 0.1) is 5.92 Å². The zero-order valence-corrected chi connectivity index (χ0v) is 15.0. The summed E-state index contributed by atoms with van der Waals surface area (Å²) in [4.78, 5) is 19.0. The Labute approximate surface area is 157 Å². The zero-order valence-electron chi connectivity index (χ0n) is 15.0. The van der Waals surface area contributed by atoms with E-state index in [0.29, 0.717) is 24.1 Å². The second kappa shape index (κ2) is 6.61.